The van der Waals surface area contributed by atoms with Crippen molar-refractivity contribution in [3.8, 4) is 0 Å². The van der Waals surface area contributed by atoms with Gasteiger partial charge in [0.05, 0.1) is 6.61 Å². The molecule has 0 bridgehead atoms. The molecule has 13 heavy (non-hydrogen) atoms. The second-order valence-corrected chi connectivity index (χ2v) is 3.51. The van der Waals surface area contributed by atoms with Crippen molar-refractivity contribution < 1.29 is 9.53 Å². The van der Waals surface area contributed by atoms with Crippen molar-refractivity contribution >= 4 is 6.09 Å². The van der Waals surface area contributed by atoms with Crippen LogP contribution in [0.15, 0.2) is 0 Å². The summed E-state index contributed by atoms with van der Waals surface area (Å²) in [6.45, 7) is 5.55. The minimum absolute atomic E-state index is 0.119. The summed E-state index contributed by atoms with van der Waals surface area (Å²) in [7, 11) is 0. The molecule has 1 fully saturated rings. The lowest BCUT2D eigenvalue weighted by Gasteiger charge is -2.22. The molecular formula is C10H19NO2. The van der Waals surface area contributed by atoms with Crippen molar-refractivity contribution in [3.05, 3.63) is 0 Å². The number of likely N-dealkylation sites (tertiary alicyclic amines) is 1. The number of rotatable bonds is 3. The first-order valence-corrected chi connectivity index (χ1v) is 5.23. The summed E-state index contributed by atoms with van der Waals surface area (Å²) < 4.78 is 5.09. The summed E-state index contributed by atoms with van der Waals surface area (Å²) in [5.41, 5.74) is 0. The van der Waals surface area contributed by atoms with Crippen molar-refractivity contribution in [2.75, 3.05) is 13.2 Å². The predicted octanol–water partition coefficient (Wildman–Crippen LogP) is 2.41. The molecule has 0 N–H and O–H groups in total. The number of carbonyl (C=O) groups excluding carboxylic acids is 1. The average molecular weight is 185 g/mol. The van der Waals surface area contributed by atoms with E-state index in [9.17, 15) is 4.79 Å². The minimum atomic E-state index is -0.119. The molecule has 1 atom stereocenters. The highest BCUT2D eigenvalue weighted by Crippen LogP contribution is 2.20. The van der Waals surface area contributed by atoms with Crippen molar-refractivity contribution in [1.82, 2.24) is 4.90 Å². The molecule has 76 valence electrons. The first-order valence-electron chi connectivity index (χ1n) is 5.23. The van der Waals surface area contributed by atoms with Gasteiger partial charge in [0.25, 0.3) is 0 Å². The van der Waals surface area contributed by atoms with Crippen LogP contribution in [0.4, 0.5) is 4.79 Å². The molecule has 1 saturated heterocycles. The molecule has 0 aromatic carbocycles. The summed E-state index contributed by atoms with van der Waals surface area (Å²) in [6.07, 6.45) is 4.08. The largest absolute Gasteiger partial charge is 0.449 e. The van der Waals surface area contributed by atoms with Crippen LogP contribution in [-0.2, 0) is 4.74 Å². The first-order chi connectivity index (χ1) is 6.29. The summed E-state index contributed by atoms with van der Waals surface area (Å²) in [4.78, 5) is 13.3. The van der Waals surface area contributed by atoms with Gasteiger partial charge in [-0.3, -0.25) is 0 Å². The zero-order valence-electron chi connectivity index (χ0n) is 8.58. The Morgan fingerprint density at radius 1 is 1.54 bits per heavy atom. The lowest BCUT2D eigenvalue weighted by atomic mass is 10.2. The van der Waals surface area contributed by atoms with Crippen LogP contribution < -0.4 is 0 Å². The lowest BCUT2D eigenvalue weighted by molar-refractivity contribution is 0.0975. The third kappa shape index (κ3) is 2.61. The normalized spacial score (nSPS) is 22.0. The second-order valence-electron chi connectivity index (χ2n) is 3.51. The molecule has 0 spiro atoms. The van der Waals surface area contributed by atoms with Gasteiger partial charge in [0.15, 0.2) is 0 Å². The fourth-order valence-electron chi connectivity index (χ4n) is 1.77. The van der Waals surface area contributed by atoms with E-state index in [-0.39, 0.29) is 6.09 Å². The van der Waals surface area contributed by atoms with E-state index in [4.69, 9.17) is 4.74 Å². The first kappa shape index (κ1) is 10.4. The number of hydrogen-bond donors (Lipinski definition) is 0. The third-order valence-electron chi connectivity index (χ3n) is 2.51. The molecule has 1 aliphatic heterocycles. The number of ether oxygens (including phenoxy) is 1. The van der Waals surface area contributed by atoms with Crippen molar-refractivity contribution in [2.24, 2.45) is 0 Å². The molecule has 3 nitrogen and oxygen atoms in total. The quantitative estimate of drug-likeness (QED) is 0.675. The van der Waals surface area contributed by atoms with E-state index in [2.05, 4.69) is 6.92 Å². The Balaban J connectivity index is 2.36. The maximum absolute atomic E-state index is 11.5. The average Bonchev–Trinajstić information content (AvgIpc) is 2.61. The van der Waals surface area contributed by atoms with Gasteiger partial charge >= 0.3 is 6.09 Å². The molecule has 1 amide bonds. The summed E-state index contributed by atoms with van der Waals surface area (Å²) in [5, 5.41) is 0. The van der Waals surface area contributed by atoms with E-state index in [1.807, 2.05) is 11.8 Å². The summed E-state index contributed by atoms with van der Waals surface area (Å²) in [5.74, 6) is 0. The molecule has 3 heteroatoms. The number of hydrogen-bond acceptors (Lipinski definition) is 2. The molecule has 0 saturated carbocycles. The van der Waals surface area contributed by atoms with E-state index in [1.54, 1.807) is 0 Å². The Bertz CT molecular complexity index is 170. The molecule has 1 rings (SSSR count). The highest BCUT2D eigenvalue weighted by molar-refractivity contribution is 5.68. The van der Waals surface area contributed by atoms with E-state index in [1.165, 1.54) is 0 Å². The second kappa shape index (κ2) is 5.10. The predicted molar refractivity (Wildman–Crippen MR) is 51.7 cm³/mol. The zero-order chi connectivity index (χ0) is 9.68. The molecule has 1 aliphatic rings. The van der Waals surface area contributed by atoms with Crippen LogP contribution in [0.2, 0.25) is 0 Å². The Labute approximate surface area is 80.1 Å². The van der Waals surface area contributed by atoms with Crippen molar-refractivity contribution in [1.29, 1.82) is 0 Å². The summed E-state index contributed by atoms with van der Waals surface area (Å²) in [6, 6.07) is 0.421. The van der Waals surface area contributed by atoms with E-state index >= 15 is 0 Å². The van der Waals surface area contributed by atoms with Gasteiger partial charge in [0.1, 0.15) is 0 Å². The van der Waals surface area contributed by atoms with Gasteiger partial charge in [-0.2, -0.15) is 0 Å². The highest BCUT2D eigenvalue weighted by Gasteiger charge is 2.27. The van der Waals surface area contributed by atoms with E-state index in [0.717, 1.165) is 32.2 Å². The van der Waals surface area contributed by atoms with Crippen molar-refractivity contribution in [2.45, 2.75) is 45.6 Å². The van der Waals surface area contributed by atoms with Crippen LogP contribution in [0.1, 0.15) is 39.5 Å². The maximum Gasteiger partial charge on any atom is 0.410 e. The molecule has 0 radical (unpaired) electrons. The van der Waals surface area contributed by atoms with Crippen LogP contribution in [0, 0.1) is 0 Å². The van der Waals surface area contributed by atoms with Gasteiger partial charge in [-0.15, -0.1) is 0 Å². The highest BCUT2D eigenvalue weighted by atomic mass is 16.6. The maximum atomic E-state index is 11.5. The van der Waals surface area contributed by atoms with Crippen LogP contribution in [-0.4, -0.2) is 30.2 Å². The third-order valence-corrected chi connectivity index (χ3v) is 2.51. The fraction of sp³-hybridized carbons (Fsp3) is 0.900. The number of nitrogens with zero attached hydrogens (tertiary/aromatic N) is 1. The number of carbonyl (C=O) groups is 1. The molecular weight excluding hydrogens is 166 g/mol. The topological polar surface area (TPSA) is 29.5 Å². The Morgan fingerprint density at radius 3 is 2.92 bits per heavy atom. The SMILES string of the molecule is CCCOC(=O)N1CCCC1CC. The molecule has 1 unspecified atom stereocenters. The molecule has 0 aromatic heterocycles. The molecule has 1 heterocycles. The van der Waals surface area contributed by atoms with Crippen molar-refractivity contribution in [3.63, 3.8) is 0 Å². The minimum Gasteiger partial charge on any atom is -0.449 e. The van der Waals surface area contributed by atoms with Gasteiger partial charge in [-0.25, -0.2) is 4.79 Å². The van der Waals surface area contributed by atoms with Gasteiger partial charge < -0.3 is 9.64 Å². The van der Waals surface area contributed by atoms with Gasteiger partial charge in [-0.1, -0.05) is 13.8 Å². The molecule has 0 aromatic rings. The van der Waals surface area contributed by atoms with Gasteiger partial charge in [0, 0.05) is 12.6 Å². The van der Waals surface area contributed by atoms with Crippen LogP contribution in [0.5, 0.6) is 0 Å². The smallest absolute Gasteiger partial charge is 0.410 e. The Hall–Kier alpha value is -0.730. The monoisotopic (exact) mass is 185 g/mol. The summed E-state index contributed by atoms with van der Waals surface area (Å²) >= 11 is 0. The Kier molecular flexibility index (Phi) is 4.06. The molecule has 0 aliphatic carbocycles. The van der Waals surface area contributed by atoms with Crippen LogP contribution >= 0.6 is 0 Å². The lowest BCUT2D eigenvalue weighted by Crippen LogP contribution is -2.35. The van der Waals surface area contributed by atoms with Crippen LogP contribution in [0.3, 0.4) is 0 Å². The van der Waals surface area contributed by atoms with E-state index in [0.29, 0.717) is 12.6 Å². The van der Waals surface area contributed by atoms with Crippen LogP contribution in [0.25, 0.3) is 0 Å². The van der Waals surface area contributed by atoms with Gasteiger partial charge in [-0.05, 0) is 25.7 Å². The van der Waals surface area contributed by atoms with Gasteiger partial charge in [0.2, 0.25) is 0 Å². The van der Waals surface area contributed by atoms with E-state index < -0.39 is 0 Å². The fourth-order valence-corrected chi connectivity index (χ4v) is 1.77. The zero-order valence-corrected chi connectivity index (χ0v) is 8.58. The standard InChI is InChI=1S/C10H19NO2/c1-3-8-13-10(12)11-7-5-6-9(11)4-2/h9H,3-8H2,1-2H3. The number of amides is 1. The Morgan fingerprint density at radius 2 is 2.31 bits per heavy atom.